The number of hydrogen-bond acceptors (Lipinski definition) is 2. The number of fused-ring (bicyclic) bond motifs is 1. The molecule has 0 saturated heterocycles. The second-order valence-corrected chi connectivity index (χ2v) is 6.14. The molecule has 0 bridgehead atoms. The molecular formula is C14H10Br2FN3. The standard InChI is InChI=1S/C14H10Br2FN3/c1-7-9(15)4-5-12-19-13(14(18)20(7)12)8-2-3-10(16)11(17)6-8/h2-6H,18H2,1H3. The molecule has 0 fully saturated rings. The number of hydrogen-bond donors (Lipinski definition) is 1. The van der Waals surface area contributed by atoms with Crippen molar-refractivity contribution in [2.75, 3.05) is 5.73 Å². The molecule has 0 aliphatic heterocycles. The molecule has 0 aliphatic carbocycles. The monoisotopic (exact) mass is 397 g/mol. The van der Waals surface area contributed by atoms with Gasteiger partial charge in [0.05, 0.1) is 4.47 Å². The molecule has 3 rings (SSSR count). The van der Waals surface area contributed by atoms with Crippen LogP contribution in [0.5, 0.6) is 0 Å². The molecule has 0 spiro atoms. The summed E-state index contributed by atoms with van der Waals surface area (Å²) in [5.41, 5.74) is 9.10. The zero-order chi connectivity index (χ0) is 14.4. The molecule has 3 aromatic rings. The highest BCUT2D eigenvalue weighted by Gasteiger charge is 2.15. The lowest BCUT2D eigenvalue weighted by Crippen LogP contribution is -1.98. The molecule has 2 heterocycles. The number of nitrogens with two attached hydrogens (primary N) is 1. The molecule has 0 saturated carbocycles. The molecule has 1 aromatic carbocycles. The number of rotatable bonds is 1. The van der Waals surface area contributed by atoms with Crippen molar-refractivity contribution < 1.29 is 4.39 Å². The molecule has 2 aromatic heterocycles. The number of imidazole rings is 1. The van der Waals surface area contributed by atoms with E-state index in [1.54, 1.807) is 12.1 Å². The van der Waals surface area contributed by atoms with Gasteiger partial charge in [-0.1, -0.05) is 6.07 Å². The van der Waals surface area contributed by atoms with Crippen LogP contribution in [0.2, 0.25) is 0 Å². The summed E-state index contributed by atoms with van der Waals surface area (Å²) in [6, 6.07) is 8.65. The molecule has 0 amide bonds. The Morgan fingerprint density at radius 1 is 1.15 bits per heavy atom. The fraction of sp³-hybridized carbons (Fsp3) is 0.0714. The lowest BCUT2D eigenvalue weighted by atomic mass is 10.1. The van der Waals surface area contributed by atoms with Crippen LogP contribution < -0.4 is 5.73 Å². The van der Waals surface area contributed by atoms with Gasteiger partial charge in [-0.15, -0.1) is 0 Å². The summed E-state index contributed by atoms with van der Waals surface area (Å²) in [5.74, 6) is 0.164. The van der Waals surface area contributed by atoms with Gasteiger partial charge in [0.1, 0.15) is 23.0 Å². The predicted octanol–water partition coefficient (Wildman–Crippen LogP) is 4.56. The highest BCUT2D eigenvalue weighted by Crippen LogP contribution is 2.31. The fourth-order valence-electron chi connectivity index (χ4n) is 2.15. The maximum absolute atomic E-state index is 13.7. The van der Waals surface area contributed by atoms with E-state index in [0.717, 1.165) is 15.8 Å². The number of aromatic nitrogens is 2. The highest BCUT2D eigenvalue weighted by atomic mass is 79.9. The lowest BCUT2D eigenvalue weighted by molar-refractivity contribution is 0.621. The van der Waals surface area contributed by atoms with E-state index >= 15 is 0 Å². The molecule has 2 N–H and O–H groups in total. The molecule has 102 valence electrons. The van der Waals surface area contributed by atoms with E-state index in [0.29, 0.717) is 21.5 Å². The third-order valence-corrected chi connectivity index (χ3v) is 4.67. The van der Waals surface area contributed by atoms with Crippen molar-refractivity contribution >= 4 is 43.3 Å². The van der Waals surface area contributed by atoms with Crippen molar-refractivity contribution in [3.8, 4) is 11.3 Å². The first-order valence-electron chi connectivity index (χ1n) is 5.87. The number of aryl methyl sites for hydroxylation is 1. The van der Waals surface area contributed by atoms with Crippen molar-refractivity contribution in [2.24, 2.45) is 0 Å². The zero-order valence-corrected chi connectivity index (χ0v) is 13.7. The Labute approximate surface area is 131 Å². The van der Waals surface area contributed by atoms with Crippen LogP contribution in [0.4, 0.5) is 10.2 Å². The number of nitrogen functional groups attached to an aromatic ring is 1. The van der Waals surface area contributed by atoms with Crippen LogP contribution in [0.15, 0.2) is 39.3 Å². The lowest BCUT2D eigenvalue weighted by Gasteiger charge is -2.04. The van der Waals surface area contributed by atoms with Gasteiger partial charge in [0.2, 0.25) is 0 Å². The van der Waals surface area contributed by atoms with E-state index in [1.807, 2.05) is 23.5 Å². The minimum Gasteiger partial charge on any atom is -0.383 e. The van der Waals surface area contributed by atoms with Gasteiger partial charge in [0.25, 0.3) is 0 Å². The Bertz CT molecular complexity index is 827. The summed E-state index contributed by atoms with van der Waals surface area (Å²) >= 11 is 6.60. The highest BCUT2D eigenvalue weighted by molar-refractivity contribution is 9.10. The Morgan fingerprint density at radius 3 is 2.55 bits per heavy atom. The van der Waals surface area contributed by atoms with E-state index in [-0.39, 0.29) is 5.82 Å². The summed E-state index contributed by atoms with van der Waals surface area (Å²) in [6.07, 6.45) is 0. The van der Waals surface area contributed by atoms with Crippen molar-refractivity contribution in [2.45, 2.75) is 6.92 Å². The number of benzene rings is 1. The number of anilines is 1. The van der Waals surface area contributed by atoms with Gasteiger partial charge in [-0.05, 0) is 63.0 Å². The van der Waals surface area contributed by atoms with Crippen molar-refractivity contribution in [1.82, 2.24) is 9.38 Å². The maximum atomic E-state index is 13.7. The van der Waals surface area contributed by atoms with Crippen LogP contribution in [0.1, 0.15) is 5.69 Å². The maximum Gasteiger partial charge on any atom is 0.139 e. The molecule has 6 heteroatoms. The first kappa shape index (κ1) is 13.6. The van der Waals surface area contributed by atoms with Gasteiger partial charge in [-0.3, -0.25) is 4.40 Å². The number of halogens is 3. The SMILES string of the molecule is Cc1c(Br)ccc2nc(-c3ccc(Br)c(F)c3)c(N)n12. The third kappa shape index (κ3) is 2.03. The molecule has 3 nitrogen and oxygen atoms in total. The number of nitrogens with zero attached hydrogens (tertiary/aromatic N) is 2. The van der Waals surface area contributed by atoms with Gasteiger partial charge >= 0.3 is 0 Å². The average Bonchev–Trinajstić information content (AvgIpc) is 2.75. The molecule has 0 aliphatic rings. The molecule has 0 atom stereocenters. The second kappa shape index (κ2) is 4.86. The first-order valence-corrected chi connectivity index (χ1v) is 7.46. The fourth-order valence-corrected chi connectivity index (χ4v) is 2.70. The average molecular weight is 399 g/mol. The van der Waals surface area contributed by atoms with E-state index in [9.17, 15) is 4.39 Å². The first-order chi connectivity index (χ1) is 9.49. The molecule has 0 radical (unpaired) electrons. The second-order valence-electron chi connectivity index (χ2n) is 4.43. The van der Waals surface area contributed by atoms with Gasteiger partial charge in [0, 0.05) is 15.7 Å². The van der Waals surface area contributed by atoms with E-state index in [1.165, 1.54) is 6.07 Å². The topological polar surface area (TPSA) is 43.3 Å². The van der Waals surface area contributed by atoms with Crippen LogP contribution >= 0.6 is 31.9 Å². The van der Waals surface area contributed by atoms with Crippen LogP contribution in [-0.4, -0.2) is 9.38 Å². The smallest absolute Gasteiger partial charge is 0.139 e. The van der Waals surface area contributed by atoms with E-state index < -0.39 is 0 Å². The Hall–Kier alpha value is -1.40. The van der Waals surface area contributed by atoms with Crippen LogP contribution in [-0.2, 0) is 0 Å². The molecule has 0 unspecified atom stereocenters. The van der Waals surface area contributed by atoms with E-state index in [4.69, 9.17) is 5.73 Å². The summed E-state index contributed by atoms with van der Waals surface area (Å²) < 4.78 is 16.9. The number of pyridine rings is 1. The summed E-state index contributed by atoms with van der Waals surface area (Å²) in [5, 5.41) is 0. The molecule has 20 heavy (non-hydrogen) atoms. The summed E-state index contributed by atoms with van der Waals surface area (Å²) in [7, 11) is 0. The normalized spacial score (nSPS) is 11.2. The van der Waals surface area contributed by atoms with Crippen LogP contribution in [0.25, 0.3) is 16.9 Å². The quantitative estimate of drug-likeness (QED) is 0.653. The minimum absolute atomic E-state index is 0.336. The Morgan fingerprint density at radius 2 is 1.85 bits per heavy atom. The van der Waals surface area contributed by atoms with Crippen LogP contribution in [0, 0.1) is 12.7 Å². The van der Waals surface area contributed by atoms with Gasteiger partial charge < -0.3 is 5.73 Å². The Balaban J connectivity index is 2.29. The minimum atomic E-state index is -0.336. The van der Waals surface area contributed by atoms with Gasteiger partial charge in [0.15, 0.2) is 0 Å². The third-order valence-electron chi connectivity index (χ3n) is 3.19. The summed E-state index contributed by atoms with van der Waals surface area (Å²) in [6.45, 7) is 1.95. The van der Waals surface area contributed by atoms with Crippen molar-refractivity contribution in [3.05, 3.63) is 50.8 Å². The van der Waals surface area contributed by atoms with Crippen molar-refractivity contribution in [3.63, 3.8) is 0 Å². The van der Waals surface area contributed by atoms with Gasteiger partial charge in [-0.25, -0.2) is 9.37 Å². The summed E-state index contributed by atoms with van der Waals surface area (Å²) in [4.78, 5) is 4.49. The van der Waals surface area contributed by atoms with Crippen LogP contribution in [0.3, 0.4) is 0 Å². The van der Waals surface area contributed by atoms with Gasteiger partial charge in [-0.2, -0.15) is 0 Å². The zero-order valence-electron chi connectivity index (χ0n) is 10.5. The largest absolute Gasteiger partial charge is 0.383 e. The van der Waals surface area contributed by atoms with Crippen molar-refractivity contribution in [1.29, 1.82) is 0 Å². The Kier molecular flexibility index (Phi) is 3.30. The molecular weight excluding hydrogens is 389 g/mol. The predicted molar refractivity (Wildman–Crippen MR) is 85.1 cm³/mol. The van der Waals surface area contributed by atoms with E-state index in [2.05, 4.69) is 36.8 Å².